The van der Waals surface area contributed by atoms with Gasteiger partial charge in [0.15, 0.2) is 0 Å². The van der Waals surface area contributed by atoms with Gasteiger partial charge in [-0.3, -0.25) is 4.79 Å². The van der Waals surface area contributed by atoms with Crippen molar-refractivity contribution in [2.45, 2.75) is 4.90 Å². The van der Waals surface area contributed by atoms with E-state index < -0.39 is 10.0 Å². The number of halogens is 1. The van der Waals surface area contributed by atoms with Crippen LogP contribution in [-0.2, 0) is 10.0 Å². The molecule has 0 unspecified atom stereocenters. The van der Waals surface area contributed by atoms with E-state index in [2.05, 4.69) is 10.0 Å². The molecule has 0 fully saturated rings. The molecule has 2 N–H and O–H groups in total. The number of nitrogens with one attached hydrogen (secondary N) is 2. The largest absolute Gasteiger partial charge is 0.497 e. The molecule has 0 heterocycles. The maximum atomic E-state index is 12.0. The molecule has 0 aliphatic rings. The Morgan fingerprint density at radius 3 is 2.25 bits per heavy atom. The number of rotatable bonds is 7. The zero-order valence-corrected chi connectivity index (χ0v) is 14.5. The second kappa shape index (κ2) is 8.14. The van der Waals surface area contributed by atoms with Gasteiger partial charge in [0.1, 0.15) is 5.75 Å². The minimum absolute atomic E-state index is 0.0762. The number of hydrogen-bond acceptors (Lipinski definition) is 4. The molecule has 0 bridgehead atoms. The monoisotopic (exact) mass is 368 g/mol. The van der Waals surface area contributed by atoms with Crippen molar-refractivity contribution in [3.05, 3.63) is 59.1 Å². The quantitative estimate of drug-likeness (QED) is 0.732. The lowest BCUT2D eigenvalue weighted by atomic mass is 10.2. The van der Waals surface area contributed by atoms with E-state index in [1.54, 1.807) is 31.4 Å². The molecule has 0 atom stereocenters. The maximum Gasteiger partial charge on any atom is 0.251 e. The number of methoxy groups -OCH3 is 1. The third-order valence-electron chi connectivity index (χ3n) is 3.18. The van der Waals surface area contributed by atoms with Gasteiger partial charge < -0.3 is 10.1 Å². The van der Waals surface area contributed by atoms with Crippen LogP contribution >= 0.6 is 11.6 Å². The van der Waals surface area contributed by atoms with Crippen molar-refractivity contribution in [1.82, 2.24) is 10.0 Å². The molecule has 0 radical (unpaired) electrons. The Morgan fingerprint density at radius 1 is 1.04 bits per heavy atom. The molecule has 6 nitrogen and oxygen atoms in total. The molecule has 1 amide bonds. The van der Waals surface area contributed by atoms with Crippen molar-refractivity contribution in [1.29, 1.82) is 0 Å². The van der Waals surface area contributed by atoms with Gasteiger partial charge in [-0.25, -0.2) is 13.1 Å². The Morgan fingerprint density at radius 2 is 1.67 bits per heavy atom. The summed E-state index contributed by atoms with van der Waals surface area (Å²) in [5.74, 6) is 0.366. The Hall–Kier alpha value is -2.09. The Bertz CT molecular complexity index is 790. The van der Waals surface area contributed by atoms with Crippen LogP contribution < -0.4 is 14.8 Å². The number of hydrogen-bond donors (Lipinski definition) is 2. The fraction of sp³-hybridized carbons (Fsp3) is 0.188. The number of sulfonamides is 1. The molecule has 2 aromatic carbocycles. The van der Waals surface area contributed by atoms with Gasteiger partial charge in [0.05, 0.1) is 12.0 Å². The second-order valence-electron chi connectivity index (χ2n) is 4.84. The van der Waals surface area contributed by atoms with Gasteiger partial charge >= 0.3 is 0 Å². The van der Waals surface area contributed by atoms with E-state index in [9.17, 15) is 13.2 Å². The summed E-state index contributed by atoms with van der Waals surface area (Å²) in [5.41, 5.74) is 0.469. The molecule has 2 rings (SSSR count). The SMILES string of the molecule is COc1ccc(C(=O)NCCNS(=O)(=O)c2ccc(Cl)cc2)cc1. The van der Waals surface area contributed by atoms with E-state index in [4.69, 9.17) is 16.3 Å². The molecular formula is C16H17ClN2O4S. The summed E-state index contributed by atoms with van der Waals surface area (Å²) in [5, 5.41) is 3.10. The van der Waals surface area contributed by atoms with E-state index in [1.807, 2.05) is 0 Å². The molecule has 0 aromatic heterocycles. The smallest absolute Gasteiger partial charge is 0.251 e. The molecule has 24 heavy (non-hydrogen) atoms. The van der Waals surface area contributed by atoms with Crippen molar-refractivity contribution < 1.29 is 17.9 Å². The normalized spacial score (nSPS) is 11.1. The highest BCUT2D eigenvalue weighted by atomic mass is 35.5. The summed E-state index contributed by atoms with van der Waals surface area (Å²) in [7, 11) is -2.08. The van der Waals surface area contributed by atoms with Gasteiger partial charge in [-0.05, 0) is 48.5 Å². The van der Waals surface area contributed by atoms with Crippen molar-refractivity contribution in [3.63, 3.8) is 0 Å². The molecule has 8 heteroatoms. The van der Waals surface area contributed by atoms with Gasteiger partial charge in [-0.2, -0.15) is 0 Å². The van der Waals surface area contributed by atoms with Gasteiger partial charge in [0.25, 0.3) is 5.91 Å². The Labute approximate surface area is 145 Å². The van der Waals surface area contributed by atoms with Crippen molar-refractivity contribution >= 4 is 27.5 Å². The molecule has 0 saturated heterocycles. The third kappa shape index (κ3) is 4.95. The van der Waals surface area contributed by atoms with Crippen molar-refractivity contribution in [2.24, 2.45) is 0 Å². The fourth-order valence-electron chi connectivity index (χ4n) is 1.90. The van der Waals surface area contributed by atoms with Gasteiger partial charge in [-0.15, -0.1) is 0 Å². The summed E-state index contributed by atoms with van der Waals surface area (Å²) >= 11 is 5.73. The van der Waals surface area contributed by atoms with Crippen LogP contribution in [0.25, 0.3) is 0 Å². The zero-order chi connectivity index (χ0) is 17.6. The van der Waals surface area contributed by atoms with Crippen LogP contribution in [0.3, 0.4) is 0 Å². The summed E-state index contributed by atoms with van der Waals surface area (Å²) < 4.78 is 31.5. The Kier molecular flexibility index (Phi) is 6.19. The van der Waals surface area contributed by atoms with Gasteiger partial charge in [0.2, 0.25) is 10.0 Å². The molecule has 0 aliphatic carbocycles. The first-order valence-corrected chi connectivity index (χ1v) is 8.96. The third-order valence-corrected chi connectivity index (χ3v) is 4.91. The van der Waals surface area contributed by atoms with Gasteiger partial charge in [-0.1, -0.05) is 11.6 Å². The predicted octanol–water partition coefficient (Wildman–Crippen LogP) is 2.06. The lowest BCUT2D eigenvalue weighted by molar-refractivity contribution is 0.0954. The van der Waals surface area contributed by atoms with Crippen molar-refractivity contribution in [3.8, 4) is 5.75 Å². The number of benzene rings is 2. The van der Waals surface area contributed by atoms with Crippen LogP contribution in [-0.4, -0.2) is 34.5 Å². The van der Waals surface area contributed by atoms with Crippen LogP contribution in [0.4, 0.5) is 0 Å². The topological polar surface area (TPSA) is 84.5 Å². The zero-order valence-electron chi connectivity index (χ0n) is 13.0. The van der Waals surface area contributed by atoms with E-state index >= 15 is 0 Å². The van der Waals surface area contributed by atoms with Crippen LogP contribution in [0, 0.1) is 0 Å². The molecule has 0 aliphatic heterocycles. The molecule has 128 valence electrons. The van der Waals surface area contributed by atoms with E-state index in [1.165, 1.54) is 24.3 Å². The van der Waals surface area contributed by atoms with Crippen LogP contribution in [0.5, 0.6) is 5.75 Å². The summed E-state index contributed by atoms with van der Waals surface area (Å²) in [4.78, 5) is 12.1. The highest BCUT2D eigenvalue weighted by Crippen LogP contribution is 2.13. The lowest BCUT2D eigenvalue weighted by Gasteiger charge is -2.08. The molecule has 2 aromatic rings. The minimum Gasteiger partial charge on any atom is -0.497 e. The van der Waals surface area contributed by atoms with Gasteiger partial charge in [0, 0.05) is 23.7 Å². The molecule has 0 spiro atoms. The van der Waals surface area contributed by atoms with E-state index in [0.29, 0.717) is 16.3 Å². The first-order valence-electron chi connectivity index (χ1n) is 7.10. The highest BCUT2D eigenvalue weighted by Gasteiger charge is 2.13. The first-order chi connectivity index (χ1) is 11.4. The highest BCUT2D eigenvalue weighted by molar-refractivity contribution is 7.89. The van der Waals surface area contributed by atoms with Crippen LogP contribution in [0.2, 0.25) is 5.02 Å². The minimum atomic E-state index is -3.63. The summed E-state index contributed by atoms with van der Waals surface area (Å²) in [6, 6.07) is 12.5. The van der Waals surface area contributed by atoms with Crippen LogP contribution in [0.15, 0.2) is 53.4 Å². The molecule has 0 saturated carbocycles. The first kappa shape index (κ1) is 18.3. The predicted molar refractivity (Wildman–Crippen MR) is 92.0 cm³/mol. The average Bonchev–Trinajstić information content (AvgIpc) is 2.59. The lowest BCUT2D eigenvalue weighted by Crippen LogP contribution is -2.34. The summed E-state index contributed by atoms with van der Waals surface area (Å²) in [6.45, 7) is 0.241. The number of carbonyl (C=O) groups excluding carboxylic acids is 1. The summed E-state index contributed by atoms with van der Waals surface area (Å²) in [6.07, 6.45) is 0. The average molecular weight is 369 g/mol. The maximum absolute atomic E-state index is 12.0. The standard InChI is InChI=1S/C16H17ClN2O4S/c1-23-14-6-2-12(3-7-14)16(20)18-10-11-19-24(21,22)15-8-4-13(17)5-9-15/h2-9,19H,10-11H2,1H3,(H,18,20). The fourth-order valence-corrected chi connectivity index (χ4v) is 3.06. The molecular weight excluding hydrogens is 352 g/mol. The Balaban J connectivity index is 1.83. The van der Waals surface area contributed by atoms with E-state index in [-0.39, 0.29) is 23.9 Å². The number of carbonyl (C=O) groups is 1. The van der Waals surface area contributed by atoms with Crippen LogP contribution in [0.1, 0.15) is 10.4 Å². The van der Waals surface area contributed by atoms with Crippen molar-refractivity contribution in [2.75, 3.05) is 20.2 Å². The number of ether oxygens (including phenoxy) is 1. The van der Waals surface area contributed by atoms with E-state index in [0.717, 1.165) is 0 Å². The number of amides is 1. The second-order valence-corrected chi connectivity index (χ2v) is 7.04.